The van der Waals surface area contributed by atoms with E-state index in [2.05, 4.69) is 20.6 Å². The zero-order valence-corrected chi connectivity index (χ0v) is 15.6. The predicted octanol–water partition coefficient (Wildman–Crippen LogP) is 2.18. The van der Waals surface area contributed by atoms with Gasteiger partial charge in [0.25, 0.3) is 0 Å². The largest absolute Gasteiger partial charge is 0.358 e. The third-order valence-electron chi connectivity index (χ3n) is 4.80. The summed E-state index contributed by atoms with van der Waals surface area (Å²) in [7, 11) is -1.59. The van der Waals surface area contributed by atoms with Crippen LogP contribution in [0.2, 0.25) is 0 Å². The quantitative estimate of drug-likeness (QED) is 0.832. The second kappa shape index (κ2) is 7.03. The van der Waals surface area contributed by atoms with Crippen LogP contribution < -0.4 is 10.6 Å². The Morgan fingerprint density at radius 2 is 1.77 bits per heavy atom. The highest BCUT2D eigenvalue weighted by atomic mass is 32.2. The number of anilines is 2. The number of nitrogens with zero attached hydrogens (tertiary/aromatic N) is 2. The number of carbonyl (C=O) groups is 1. The first-order chi connectivity index (χ1) is 12.3. The molecular formula is C18H22N4O3S. The van der Waals surface area contributed by atoms with E-state index in [9.17, 15) is 13.2 Å². The standard InChI is InChI=1S/C18H22N4O3S/c1-19-16(23)18(10-3-4-11-18)15-9-12-20-17(22-15)21-13-5-7-14(8-6-13)26(2,24)25/h5-9,12H,3-4,10-11H2,1-2H3,(H,19,23)(H,20,21,22). The highest BCUT2D eigenvalue weighted by molar-refractivity contribution is 7.90. The maximum absolute atomic E-state index is 12.5. The van der Waals surface area contributed by atoms with Crippen molar-refractivity contribution in [3.63, 3.8) is 0 Å². The molecule has 0 atom stereocenters. The summed E-state index contributed by atoms with van der Waals surface area (Å²) in [6.45, 7) is 0. The molecule has 1 saturated carbocycles. The van der Waals surface area contributed by atoms with Crippen molar-refractivity contribution in [2.24, 2.45) is 0 Å². The molecule has 1 amide bonds. The van der Waals surface area contributed by atoms with E-state index in [0.29, 0.717) is 17.3 Å². The van der Waals surface area contributed by atoms with E-state index < -0.39 is 15.3 Å². The molecule has 1 aromatic heterocycles. The summed E-state index contributed by atoms with van der Waals surface area (Å²) in [4.78, 5) is 21.5. The van der Waals surface area contributed by atoms with Crippen molar-refractivity contribution in [3.8, 4) is 0 Å². The highest BCUT2D eigenvalue weighted by Gasteiger charge is 2.43. The van der Waals surface area contributed by atoms with Crippen molar-refractivity contribution in [3.05, 3.63) is 42.2 Å². The van der Waals surface area contributed by atoms with E-state index in [-0.39, 0.29) is 10.8 Å². The number of hydrogen-bond donors (Lipinski definition) is 2. The van der Waals surface area contributed by atoms with Crippen LogP contribution in [-0.2, 0) is 20.0 Å². The Bertz CT molecular complexity index is 904. The number of rotatable bonds is 5. The number of carbonyl (C=O) groups excluding carboxylic acids is 1. The predicted molar refractivity (Wildman–Crippen MR) is 99.1 cm³/mol. The van der Waals surface area contributed by atoms with Crippen LogP contribution in [0.1, 0.15) is 31.4 Å². The lowest BCUT2D eigenvalue weighted by molar-refractivity contribution is -0.126. The summed E-state index contributed by atoms with van der Waals surface area (Å²) in [6.07, 6.45) is 6.33. The van der Waals surface area contributed by atoms with Crippen LogP contribution >= 0.6 is 0 Å². The summed E-state index contributed by atoms with van der Waals surface area (Å²) in [5.41, 5.74) is 0.781. The Morgan fingerprint density at radius 3 is 2.35 bits per heavy atom. The molecule has 0 spiro atoms. The van der Waals surface area contributed by atoms with E-state index in [4.69, 9.17) is 0 Å². The molecule has 1 fully saturated rings. The lowest BCUT2D eigenvalue weighted by Gasteiger charge is -2.26. The van der Waals surface area contributed by atoms with Gasteiger partial charge in [-0.1, -0.05) is 12.8 Å². The van der Waals surface area contributed by atoms with Crippen LogP contribution in [0.5, 0.6) is 0 Å². The molecule has 3 rings (SSSR count). The van der Waals surface area contributed by atoms with Gasteiger partial charge < -0.3 is 10.6 Å². The second-order valence-electron chi connectivity index (χ2n) is 6.56. The van der Waals surface area contributed by atoms with Crippen LogP contribution in [0.25, 0.3) is 0 Å². The maximum atomic E-state index is 12.5. The van der Waals surface area contributed by atoms with Gasteiger partial charge in [0.15, 0.2) is 9.84 Å². The molecule has 1 aliphatic carbocycles. The zero-order valence-electron chi connectivity index (χ0n) is 14.8. The molecular weight excluding hydrogens is 352 g/mol. The molecule has 0 aliphatic heterocycles. The summed E-state index contributed by atoms with van der Waals surface area (Å²) < 4.78 is 23.1. The van der Waals surface area contributed by atoms with Crippen molar-refractivity contribution in [2.75, 3.05) is 18.6 Å². The van der Waals surface area contributed by atoms with E-state index in [1.165, 1.54) is 18.4 Å². The number of aromatic nitrogens is 2. The molecule has 0 radical (unpaired) electrons. The Balaban J connectivity index is 1.87. The number of nitrogens with one attached hydrogen (secondary N) is 2. The average Bonchev–Trinajstić information content (AvgIpc) is 3.12. The van der Waals surface area contributed by atoms with Gasteiger partial charge in [-0.2, -0.15) is 0 Å². The fourth-order valence-electron chi connectivity index (χ4n) is 3.42. The van der Waals surface area contributed by atoms with Gasteiger partial charge in [0.05, 0.1) is 16.0 Å². The van der Waals surface area contributed by atoms with Crippen molar-refractivity contribution < 1.29 is 13.2 Å². The molecule has 26 heavy (non-hydrogen) atoms. The van der Waals surface area contributed by atoms with Gasteiger partial charge in [-0.05, 0) is 43.2 Å². The van der Waals surface area contributed by atoms with Gasteiger partial charge >= 0.3 is 0 Å². The molecule has 0 unspecified atom stereocenters. The minimum atomic E-state index is -3.23. The second-order valence-corrected chi connectivity index (χ2v) is 8.57. The minimum absolute atomic E-state index is 0.0165. The van der Waals surface area contributed by atoms with Gasteiger partial charge in [0.2, 0.25) is 11.9 Å². The van der Waals surface area contributed by atoms with Gasteiger partial charge in [-0.3, -0.25) is 4.79 Å². The Kier molecular flexibility index (Phi) is 4.95. The highest BCUT2D eigenvalue weighted by Crippen LogP contribution is 2.40. The van der Waals surface area contributed by atoms with Crippen LogP contribution in [0, 0.1) is 0 Å². The number of sulfone groups is 1. The molecule has 1 aliphatic rings. The van der Waals surface area contributed by atoms with Crippen LogP contribution in [-0.4, -0.2) is 37.6 Å². The van der Waals surface area contributed by atoms with Crippen molar-refractivity contribution >= 4 is 27.4 Å². The molecule has 1 heterocycles. The van der Waals surface area contributed by atoms with Crippen molar-refractivity contribution in [2.45, 2.75) is 36.0 Å². The van der Waals surface area contributed by atoms with Crippen molar-refractivity contribution in [1.82, 2.24) is 15.3 Å². The van der Waals surface area contributed by atoms with E-state index in [1.54, 1.807) is 31.4 Å². The first kappa shape index (κ1) is 18.3. The van der Waals surface area contributed by atoms with Crippen LogP contribution in [0.15, 0.2) is 41.4 Å². The van der Waals surface area contributed by atoms with Gasteiger partial charge in [-0.25, -0.2) is 18.4 Å². The van der Waals surface area contributed by atoms with Gasteiger partial charge in [0, 0.05) is 25.2 Å². The van der Waals surface area contributed by atoms with Crippen molar-refractivity contribution in [1.29, 1.82) is 0 Å². The Labute approximate surface area is 153 Å². The first-order valence-electron chi connectivity index (χ1n) is 8.48. The smallest absolute Gasteiger partial charge is 0.232 e. The molecule has 7 nitrogen and oxygen atoms in total. The topological polar surface area (TPSA) is 101 Å². The number of amides is 1. The zero-order chi connectivity index (χ0) is 18.8. The Hall–Kier alpha value is -2.48. The normalized spacial score (nSPS) is 16.2. The Morgan fingerprint density at radius 1 is 1.12 bits per heavy atom. The molecule has 8 heteroatoms. The van der Waals surface area contributed by atoms with Gasteiger partial charge in [0.1, 0.15) is 0 Å². The minimum Gasteiger partial charge on any atom is -0.358 e. The molecule has 0 saturated heterocycles. The monoisotopic (exact) mass is 374 g/mol. The molecule has 138 valence electrons. The summed E-state index contributed by atoms with van der Waals surface area (Å²) in [5.74, 6) is 0.363. The first-order valence-corrected chi connectivity index (χ1v) is 10.4. The molecule has 0 bridgehead atoms. The molecule has 2 aromatic rings. The SMILES string of the molecule is CNC(=O)C1(c2ccnc(Nc3ccc(S(C)(=O)=O)cc3)n2)CCCC1. The van der Waals surface area contributed by atoms with Crippen LogP contribution in [0.4, 0.5) is 11.6 Å². The third-order valence-corrected chi connectivity index (χ3v) is 5.93. The van der Waals surface area contributed by atoms with Crippen LogP contribution in [0.3, 0.4) is 0 Å². The fourth-order valence-corrected chi connectivity index (χ4v) is 4.05. The van der Waals surface area contributed by atoms with Gasteiger partial charge in [-0.15, -0.1) is 0 Å². The van der Waals surface area contributed by atoms with E-state index >= 15 is 0 Å². The average molecular weight is 374 g/mol. The summed E-state index contributed by atoms with van der Waals surface area (Å²) in [5, 5.41) is 5.83. The lowest BCUT2D eigenvalue weighted by Crippen LogP contribution is -2.41. The van der Waals surface area contributed by atoms with E-state index in [0.717, 1.165) is 25.7 Å². The lowest BCUT2D eigenvalue weighted by atomic mass is 9.81. The third kappa shape index (κ3) is 3.55. The van der Waals surface area contributed by atoms with E-state index in [1.807, 2.05) is 0 Å². The summed E-state index contributed by atoms with van der Waals surface area (Å²) >= 11 is 0. The number of benzene rings is 1. The molecule has 1 aromatic carbocycles. The fraction of sp³-hybridized carbons (Fsp3) is 0.389. The summed E-state index contributed by atoms with van der Waals surface area (Å²) in [6, 6.07) is 8.18. The maximum Gasteiger partial charge on any atom is 0.232 e. The number of likely N-dealkylation sites (N-methyl/N-ethyl adjacent to an activating group) is 1. The molecule has 2 N–H and O–H groups in total. The number of hydrogen-bond acceptors (Lipinski definition) is 6.